The smallest absolute Gasteiger partial charge is 0.416 e. The third kappa shape index (κ3) is 3.51. The molecule has 0 spiro atoms. The zero-order chi connectivity index (χ0) is 18.0. The van der Waals surface area contributed by atoms with E-state index in [1.165, 1.54) is 42.5 Å². The lowest BCUT2D eigenvalue weighted by Gasteiger charge is -2.26. The van der Waals surface area contributed by atoms with Gasteiger partial charge in [-0.05, 0) is 35.4 Å². The average Bonchev–Trinajstić information content (AvgIpc) is 3.02. The van der Waals surface area contributed by atoms with E-state index >= 15 is 0 Å². The molecule has 0 saturated carbocycles. The highest BCUT2D eigenvalue weighted by molar-refractivity contribution is 5.96. The minimum Gasteiger partial charge on any atom is -0.447 e. The summed E-state index contributed by atoms with van der Waals surface area (Å²) in [5.74, 6) is -2.28. The number of hydrogen-bond donors (Lipinski definition) is 1. The van der Waals surface area contributed by atoms with Crippen LogP contribution in [-0.4, -0.2) is 36.1 Å². The van der Waals surface area contributed by atoms with Crippen LogP contribution in [0.4, 0.5) is 13.6 Å². The summed E-state index contributed by atoms with van der Waals surface area (Å²) in [6, 6.07) is 9.97. The number of nitrogens with zero attached hydrogens (tertiary/aromatic N) is 1. The summed E-state index contributed by atoms with van der Waals surface area (Å²) < 4.78 is 31.7. The van der Waals surface area contributed by atoms with Gasteiger partial charge in [-0.15, -0.1) is 0 Å². The molecule has 2 N–H and O–H groups in total. The van der Waals surface area contributed by atoms with Crippen molar-refractivity contribution in [2.24, 2.45) is 5.73 Å². The van der Waals surface area contributed by atoms with Gasteiger partial charge in [0.1, 0.15) is 18.2 Å². The molecule has 1 heterocycles. The first-order chi connectivity index (χ1) is 12.0. The Hall–Kier alpha value is -2.80. The van der Waals surface area contributed by atoms with E-state index in [9.17, 15) is 18.4 Å². The zero-order valence-electron chi connectivity index (χ0n) is 13.2. The Balaban J connectivity index is 1.99. The number of cyclic esters (lactones) is 1. The molecule has 1 aliphatic heterocycles. The molecule has 3 rings (SSSR count). The van der Waals surface area contributed by atoms with Crippen molar-refractivity contribution in [3.63, 3.8) is 0 Å². The van der Waals surface area contributed by atoms with Crippen LogP contribution in [0.1, 0.15) is 17.0 Å². The highest BCUT2D eigenvalue weighted by atomic mass is 19.1. The molecule has 130 valence electrons. The van der Waals surface area contributed by atoms with E-state index in [4.69, 9.17) is 10.5 Å². The molecular weight excluding hydrogens is 330 g/mol. The van der Waals surface area contributed by atoms with Crippen LogP contribution < -0.4 is 5.73 Å². The molecule has 2 atom stereocenters. The summed E-state index contributed by atoms with van der Waals surface area (Å²) in [6.45, 7) is 0.225. The van der Waals surface area contributed by atoms with Crippen LogP contribution in [-0.2, 0) is 9.53 Å². The zero-order valence-corrected chi connectivity index (χ0v) is 13.2. The largest absolute Gasteiger partial charge is 0.447 e. The van der Waals surface area contributed by atoms with Crippen LogP contribution in [0, 0.1) is 11.6 Å². The third-order valence-corrected chi connectivity index (χ3v) is 4.11. The second-order valence-corrected chi connectivity index (χ2v) is 5.71. The van der Waals surface area contributed by atoms with Gasteiger partial charge in [0.15, 0.2) is 0 Å². The molecule has 0 bridgehead atoms. The number of imide groups is 1. The Labute approximate surface area is 143 Å². The molecule has 1 saturated heterocycles. The predicted octanol–water partition coefficient (Wildman–Crippen LogP) is 2.40. The van der Waals surface area contributed by atoms with E-state index in [0.29, 0.717) is 11.1 Å². The average molecular weight is 346 g/mol. The first-order valence-electron chi connectivity index (χ1n) is 7.72. The van der Waals surface area contributed by atoms with E-state index in [2.05, 4.69) is 0 Å². The third-order valence-electron chi connectivity index (χ3n) is 4.11. The minimum absolute atomic E-state index is 0.110. The quantitative estimate of drug-likeness (QED) is 0.923. The van der Waals surface area contributed by atoms with Crippen LogP contribution in [0.25, 0.3) is 0 Å². The Morgan fingerprint density at radius 2 is 1.80 bits per heavy atom. The van der Waals surface area contributed by atoms with Gasteiger partial charge in [-0.1, -0.05) is 24.3 Å². The molecule has 1 aliphatic rings. The fourth-order valence-electron chi connectivity index (χ4n) is 2.89. The van der Waals surface area contributed by atoms with Crippen LogP contribution in [0.15, 0.2) is 48.5 Å². The molecule has 0 aromatic heterocycles. The number of carbonyl (C=O) groups is 2. The Bertz CT molecular complexity index is 795. The summed E-state index contributed by atoms with van der Waals surface area (Å²) in [7, 11) is 0. The lowest BCUT2D eigenvalue weighted by molar-refractivity contribution is -0.129. The molecule has 25 heavy (non-hydrogen) atoms. The number of nitrogens with two attached hydrogens (primary N) is 1. The molecule has 2 unspecified atom stereocenters. The molecule has 5 nitrogen and oxygen atoms in total. The predicted molar refractivity (Wildman–Crippen MR) is 85.7 cm³/mol. The van der Waals surface area contributed by atoms with Gasteiger partial charge in [-0.2, -0.15) is 0 Å². The van der Waals surface area contributed by atoms with Crippen molar-refractivity contribution in [1.29, 1.82) is 0 Å². The molecule has 2 amide bonds. The number of hydrogen-bond acceptors (Lipinski definition) is 4. The van der Waals surface area contributed by atoms with Crippen molar-refractivity contribution in [1.82, 2.24) is 4.90 Å². The monoisotopic (exact) mass is 346 g/mol. The maximum atomic E-state index is 13.7. The van der Waals surface area contributed by atoms with Gasteiger partial charge in [0, 0.05) is 5.92 Å². The lowest BCUT2D eigenvalue weighted by atomic mass is 9.84. The van der Waals surface area contributed by atoms with Crippen LogP contribution in [0.2, 0.25) is 0 Å². The van der Waals surface area contributed by atoms with E-state index in [1.807, 2.05) is 0 Å². The standard InChI is InChI=1S/C18H16F2N2O3/c19-13-6-4-11(5-7-13)15(12-2-1-3-14(20)10-12)16(21)17(23)22-8-9-25-18(22)24/h1-7,10,15-16H,8-9,21H2. The van der Waals surface area contributed by atoms with Gasteiger partial charge < -0.3 is 10.5 Å². The normalized spacial score (nSPS) is 16.4. The van der Waals surface area contributed by atoms with Gasteiger partial charge >= 0.3 is 6.09 Å². The minimum atomic E-state index is -1.15. The van der Waals surface area contributed by atoms with Crippen molar-refractivity contribution in [3.05, 3.63) is 71.3 Å². The maximum Gasteiger partial charge on any atom is 0.416 e. The van der Waals surface area contributed by atoms with Crippen molar-refractivity contribution in [3.8, 4) is 0 Å². The Kier molecular flexibility index (Phi) is 4.76. The highest BCUT2D eigenvalue weighted by Crippen LogP contribution is 2.29. The molecule has 2 aromatic carbocycles. The Morgan fingerprint density at radius 3 is 2.40 bits per heavy atom. The number of rotatable bonds is 4. The first kappa shape index (κ1) is 17.0. The van der Waals surface area contributed by atoms with Gasteiger partial charge in [0.05, 0.1) is 12.6 Å². The van der Waals surface area contributed by atoms with E-state index in [0.717, 1.165) is 4.90 Å². The van der Waals surface area contributed by atoms with Crippen LogP contribution in [0.3, 0.4) is 0 Å². The number of amides is 2. The van der Waals surface area contributed by atoms with Crippen molar-refractivity contribution < 1.29 is 23.1 Å². The van der Waals surface area contributed by atoms with E-state index < -0.39 is 35.6 Å². The van der Waals surface area contributed by atoms with Gasteiger partial charge in [-0.3, -0.25) is 4.79 Å². The molecule has 7 heteroatoms. The topological polar surface area (TPSA) is 72.6 Å². The molecule has 2 aromatic rings. The molecule has 0 aliphatic carbocycles. The van der Waals surface area contributed by atoms with Gasteiger partial charge in [0.2, 0.25) is 5.91 Å². The Morgan fingerprint density at radius 1 is 1.08 bits per heavy atom. The fourth-order valence-corrected chi connectivity index (χ4v) is 2.89. The number of carbonyl (C=O) groups excluding carboxylic acids is 2. The summed E-state index contributed by atoms with van der Waals surface area (Å²) in [4.78, 5) is 25.2. The van der Waals surface area contributed by atoms with E-state index in [1.54, 1.807) is 6.07 Å². The molecule has 0 radical (unpaired) electrons. The fraction of sp³-hybridized carbons (Fsp3) is 0.222. The second-order valence-electron chi connectivity index (χ2n) is 5.71. The van der Waals surface area contributed by atoms with Gasteiger partial charge in [-0.25, -0.2) is 18.5 Å². The van der Waals surface area contributed by atoms with Crippen LogP contribution >= 0.6 is 0 Å². The summed E-state index contributed by atoms with van der Waals surface area (Å²) >= 11 is 0. The maximum absolute atomic E-state index is 13.7. The lowest BCUT2D eigenvalue weighted by Crippen LogP contribution is -2.47. The second kappa shape index (κ2) is 6.98. The van der Waals surface area contributed by atoms with Crippen molar-refractivity contribution in [2.75, 3.05) is 13.2 Å². The van der Waals surface area contributed by atoms with E-state index in [-0.39, 0.29) is 13.2 Å². The number of ether oxygens (including phenoxy) is 1. The van der Waals surface area contributed by atoms with Crippen molar-refractivity contribution in [2.45, 2.75) is 12.0 Å². The van der Waals surface area contributed by atoms with Gasteiger partial charge in [0.25, 0.3) is 0 Å². The first-order valence-corrected chi connectivity index (χ1v) is 7.72. The highest BCUT2D eigenvalue weighted by Gasteiger charge is 2.36. The summed E-state index contributed by atoms with van der Waals surface area (Å²) in [5.41, 5.74) is 7.14. The van der Waals surface area contributed by atoms with Crippen LogP contribution in [0.5, 0.6) is 0 Å². The molecular formula is C18H16F2N2O3. The number of halogens is 2. The summed E-state index contributed by atoms with van der Waals surface area (Å²) in [6.07, 6.45) is -0.752. The SMILES string of the molecule is NC(C(=O)N1CCOC1=O)C(c1ccc(F)cc1)c1cccc(F)c1. The molecule has 1 fully saturated rings. The summed E-state index contributed by atoms with van der Waals surface area (Å²) in [5, 5.41) is 0. The van der Waals surface area contributed by atoms with Crippen molar-refractivity contribution >= 4 is 12.0 Å². The number of benzene rings is 2.